The summed E-state index contributed by atoms with van der Waals surface area (Å²) >= 11 is 3.29. The van der Waals surface area contributed by atoms with Gasteiger partial charge in [-0.15, -0.1) is 0 Å². The molecule has 1 aliphatic heterocycles. The number of hydrogen-bond donors (Lipinski definition) is 2. The van der Waals surface area contributed by atoms with Crippen molar-refractivity contribution in [2.75, 3.05) is 14.2 Å². The van der Waals surface area contributed by atoms with Gasteiger partial charge in [0.1, 0.15) is 6.10 Å². The Morgan fingerprint density at radius 3 is 2.63 bits per heavy atom. The van der Waals surface area contributed by atoms with Crippen LogP contribution in [0, 0.1) is 0 Å². The molecule has 1 aromatic carbocycles. The highest BCUT2D eigenvalue weighted by Crippen LogP contribution is 2.40. The molecule has 2 amide bonds. The molecule has 146 valence electrons. The molecule has 1 unspecified atom stereocenters. The molecule has 3 rings (SSSR count). The number of phenols is 1. The van der Waals surface area contributed by atoms with Crippen molar-refractivity contribution in [3.8, 4) is 11.5 Å². The molecule has 7 nitrogen and oxygen atoms in total. The van der Waals surface area contributed by atoms with Crippen LogP contribution in [0.5, 0.6) is 11.5 Å². The molecule has 0 spiro atoms. The van der Waals surface area contributed by atoms with Crippen molar-refractivity contribution in [3.63, 3.8) is 0 Å². The fourth-order valence-electron chi connectivity index (χ4n) is 3.49. The van der Waals surface area contributed by atoms with Gasteiger partial charge in [0.25, 0.3) is 0 Å². The standard InChI is InChI=1S/C19H23BrN2O5/c1-10-15(18(24)27-12-6-4-5-7-12)16(21-19(25)22(10)2)11-8-13(20)17(23)14(9-11)26-3/h8-9,12,16,23H,4-7H2,1-3H3,(H,21,25). The fraction of sp³-hybridized carbons (Fsp3) is 0.474. The smallest absolute Gasteiger partial charge is 0.338 e. The molecule has 0 radical (unpaired) electrons. The quantitative estimate of drug-likeness (QED) is 0.700. The molecular formula is C19H23BrN2O5. The van der Waals surface area contributed by atoms with Crippen molar-refractivity contribution >= 4 is 27.9 Å². The summed E-state index contributed by atoms with van der Waals surface area (Å²) in [5.74, 6) is -0.232. The molecule has 1 aliphatic carbocycles. The summed E-state index contributed by atoms with van der Waals surface area (Å²) in [6.45, 7) is 1.73. The predicted octanol–water partition coefficient (Wildman–Crippen LogP) is 3.62. The van der Waals surface area contributed by atoms with E-state index in [0.29, 0.717) is 21.3 Å². The normalized spacial score (nSPS) is 20.7. The van der Waals surface area contributed by atoms with Crippen LogP contribution in [-0.2, 0) is 9.53 Å². The Kier molecular flexibility index (Phi) is 5.64. The number of carbonyl (C=O) groups excluding carboxylic acids is 2. The zero-order chi connectivity index (χ0) is 19.7. The zero-order valence-electron chi connectivity index (χ0n) is 15.5. The van der Waals surface area contributed by atoms with Crippen LogP contribution in [-0.4, -0.2) is 42.3 Å². The second kappa shape index (κ2) is 7.80. The molecule has 0 saturated heterocycles. The maximum atomic E-state index is 13.0. The van der Waals surface area contributed by atoms with Gasteiger partial charge in [0.05, 0.1) is 23.2 Å². The maximum Gasteiger partial charge on any atom is 0.338 e. The number of hydrogen-bond acceptors (Lipinski definition) is 5. The van der Waals surface area contributed by atoms with Gasteiger partial charge in [0.2, 0.25) is 0 Å². The molecule has 0 aromatic heterocycles. The SMILES string of the molecule is COc1cc(C2NC(=O)N(C)C(C)=C2C(=O)OC2CCCC2)cc(Br)c1O. The summed E-state index contributed by atoms with van der Waals surface area (Å²) in [6.07, 6.45) is 3.76. The average Bonchev–Trinajstić information content (AvgIpc) is 3.14. The predicted molar refractivity (Wildman–Crippen MR) is 102 cm³/mol. The van der Waals surface area contributed by atoms with Gasteiger partial charge in [-0.2, -0.15) is 0 Å². The molecule has 1 heterocycles. The number of benzene rings is 1. The van der Waals surface area contributed by atoms with Crippen LogP contribution in [0.25, 0.3) is 0 Å². The van der Waals surface area contributed by atoms with E-state index in [9.17, 15) is 14.7 Å². The lowest BCUT2D eigenvalue weighted by Crippen LogP contribution is -2.46. The first-order chi connectivity index (χ1) is 12.8. The lowest BCUT2D eigenvalue weighted by molar-refractivity contribution is -0.144. The third-order valence-corrected chi connectivity index (χ3v) is 5.76. The first-order valence-electron chi connectivity index (χ1n) is 8.85. The molecule has 1 atom stereocenters. The largest absolute Gasteiger partial charge is 0.503 e. The van der Waals surface area contributed by atoms with Crippen molar-refractivity contribution < 1.29 is 24.2 Å². The van der Waals surface area contributed by atoms with Crippen molar-refractivity contribution in [1.82, 2.24) is 10.2 Å². The minimum absolute atomic E-state index is 0.0451. The van der Waals surface area contributed by atoms with E-state index in [1.54, 1.807) is 26.1 Å². The van der Waals surface area contributed by atoms with Gasteiger partial charge < -0.3 is 24.8 Å². The number of urea groups is 1. The molecule has 27 heavy (non-hydrogen) atoms. The van der Waals surface area contributed by atoms with E-state index in [0.717, 1.165) is 25.7 Å². The number of ether oxygens (including phenoxy) is 2. The van der Waals surface area contributed by atoms with Crippen molar-refractivity contribution in [1.29, 1.82) is 0 Å². The molecule has 2 N–H and O–H groups in total. The monoisotopic (exact) mass is 438 g/mol. The summed E-state index contributed by atoms with van der Waals surface area (Å²) in [6, 6.07) is 2.24. The number of nitrogens with one attached hydrogen (secondary N) is 1. The molecular weight excluding hydrogens is 416 g/mol. The molecule has 2 aliphatic rings. The molecule has 1 aromatic rings. The second-order valence-electron chi connectivity index (χ2n) is 6.81. The van der Waals surface area contributed by atoms with Crippen LogP contribution in [0.3, 0.4) is 0 Å². The minimum atomic E-state index is -0.701. The van der Waals surface area contributed by atoms with Gasteiger partial charge in [0.15, 0.2) is 11.5 Å². The Bertz CT molecular complexity index is 802. The van der Waals surface area contributed by atoms with Gasteiger partial charge in [-0.25, -0.2) is 9.59 Å². The average molecular weight is 439 g/mol. The lowest BCUT2D eigenvalue weighted by Gasteiger charge is -2.34. The van der Waals surface area contributed by atoms with E-state index >= 15 is 0 Å². The Hall–Kier alpha value is -2.22. The Morgan fingerprint density at radius 2 is 2.00 bits per heavy atom. The number of methoxy groups -OCH3 is 1. The molecule has 1 saturated carbocycles. The van der Waals surface area contributed by atoms with E-state index in [1.807, 2.05) is 0 Å². The topological polar surface area (TPSA) is 88.1 Å². The van der Waals surface area contributed by atoms with E-state index in [-0.39, 0.29) is 23.6 Å². The van der Waals surface area contributed by atoms with Crippen LogP contribution in [0.15, 0.2) is 27.9 Å². The summed E-state index contributed by atoms with van der Waals surface area (Å²) in [7, 11) is 3.05. The number of rotatable bonds is 4. The van der Waals surface area contributed by atoms with E-state index in [2.05, 4.69) is 21.2 Å². The maximum absolute atomic E-state index is 13.0. The Balaban J connectivity index is 2.02. The number of nitrogens with zero attached hydrogens (tertiary/aromatic N) is 1. The summed E-state index contributed by atoms with van der Waals surface area (Å²) in [5, 5.41) is 12.9. The van der Waals surface area contributed by atoms with Gasteiger partial charge in [-0.3, -0.25) is 0 Å². The van der Waals surface area contributed by atoms with E-state index in [4.69, 9.17) is 9.47 Å². The zero-order valence-corrected chi connectivity index (χ0v) is 17.1. The highest BCUT2D eigenvalue weighted by molar-refractivity contribution is 9.10. The van der Waals surface area contributed by atoms with E-state index in [1.165, 1.54) is 12.0 Å². The van der Waals surface area contributed by atoms with Crippen molar-refractivity contribution in [3.05, 3.63) is 33.4 Å². The Labute approximate surface area is 166 Å². The first-order valence-corrected chi connectivity index (χ1v) is 9.65. The number of carbonyl (C=O) groups is 2. The number of phenolic OH excluding ortho intramolecular Hbond substituents is 1. The van der Waals surface area contributed by atoms with Gasteiger partial charge in [-0.1, -0.05) is 0 Å². The first kappa shape index (κ1) is 19.5. The highest BCUT2D eigenvalue weighted by Gasteiger charge is 2.36. The van der Waals surface area contributed by atoms with Gasteiger partial charge >= 0.3 is 12.0 Å². The van der Waals surface area contributed by atoms with Crippen molar-refractivity contribution in [2.45, 2.75) is 44.8 Å². The van der Waals surface area contributed by atoms with Gasteiger partial charge in [0, 0.05) is 12.7 Å². The van der Waals surface area contributed by atoms with Gasteiger partial charge in [-0.05, 0) is 66.2 Å². The number of esters is 1. The number of aromatic hydroxyl groups is 1. The number of amides is 2. The summed E-state index contributed by atoms with van der Waals surface area (Å²) < 4.78 is 11.3. The van der Waals surface area contributed by atoms with Crippen LogP contribution >= 0.6 is 15.9 Å². The van der Waals surface area contributed by atoms with Crippen LogP contribution in [0.2, 0.25) is 0 Å². The van der Waals surface area contributed by atoms with Crippen molar-refractivity contribution in [2.24, 2.45) is 0 Å². The highest BCUT2D eigenvalue weighted by atomic mass is 79.9. The molecule has 0 bridgehead atoms. The number of allylic oxidation sites excluding steroid dienone is 1. The molecule has 1 fully saturated rings. The van der Waals surface area contributed by atoms with Crippen LogP contribution < -0.4 is 10.1 Å². The fourth-order valence-corrected chi connectivity index (χ4v) is 3.95. The second-order valence-corrected chi connectivity index (χ2v) is 7.66. The van der Waals surface area contributed by atoms with Crippen LogP contribution in [0.4, 0.5) is 4.79 Å². The third-order valence-electron chi connectivity index (χ3n) is 5.15. The summed E-state index contributed by atoms with van der Waals surface area (Å²) in [4.78, 5) is 26.7. The Morgan fingerprint density at radius 1 is 1.33 bits per heavy atom. The minimum Gasteiger partial charge on any atom is -0.503 e. The summed E-state index contributed by atoms with van der Waals surface area (Å²) in [5.41, 5.74) is 1.52. The lowest BCUT2D eigenvalue weighted by atomic mass is 9.94. The molecule has 8 heteroatoms. The third kappa shape index (κ3) is 3.76. The van der Waals surface area contributed by atoms with E-state index < -0.39 is 12.0 Å². The van der Waals surface area contributed by atoms with Crippen LogP contribution in [0.1, 0.15) is 44.2 Å². The number of halogens is 1.